The highest BCUT2D eigenvalue weighted by Crippen LogP contribution is 2.19. The molecule has 1 aromatic rings. The molecule has 16 heavy (non-hydrogen) atoms. The maximum atomic E-state index is 12.9. The van der Waals surface area contributed by atoms with Gasteiger partial charge in [-0.1, -0.05) is 15.9 Å². The van der Waals surface area contributed by atoms with E-state index in [0.29, 0.717) is 10.0 Å². The Bertz CT molecular complexity index is 381. The molecule has 0 bridgehead atoms. The van der Waals surface area contributed by atoms with E-state index in [1.54, 1.807) is 6.92 Å². The summed E-state index contributed by atoms with van der Waals surface area (Å²) in [5.74, 6) is -1.10. The molecule has 88 valence electrons. The van der Waals surface area contributed by atoms with Crippen LogP contribution in [0.5, 0.6) is 0 Å². The van der Waals surface area contributed by atoms with Crippen molar-refractivity contribution in [3.8, 4) is 0 Å². The summed E-state index contributed by atoms with van der Waals surface area (Å²) in [7, 11) is 0. The molecule has 0 saturated carbocycles. The van der Waals surface area contributed by atoms with Gasteiger partial charge in [-0.15, -0.1) is 0 Å². The quantitative estimate of drug-likeness (QED) is 0.864. The van der Waals surface area contributed by atoms with E-state index in [9.17, 15) is 14.3 Å². The minimum Gasteiger partial charge on any atom is -0.464 e. The topological polar surface area (TPSA) is 46.5 Å². The number of aliphatic hydroxyl groups excluding tert-OH is 1. The fraction of sp³-hybridized carbons (Fsp3) is 0.364. The maximum absolute atomic E-state index is 12.9. The first-order valence-corrected chi connectivity index (χ1v) is 5.62. The lowest BCUT2D eigenvalue weighted by Gasteiger charge is -2.10. The Hall–Kier alpha value is -0.940. The number of rotatable bonds is 4. The van der Waals surface area contributed by atoms with E-state index in [0.717, 1.165) is 0 Å². The van der Waals surface area contributed by atoms with Crippen molar-refractivity contribution in [2.45, 2.75) is 19.4 Å². The molecule has 0 aliphatic rings. The van der Waals surface area contributed by atoms with Crippen molar-refractivity contribution < 1.29 is 19.0 Å². The normalized spacial score (nSPS) is 12.2. The molecule has 1 aromatic carbocycles. The summed E-state index contributed by atoms with van der Waals surface area (Å²) in [4.78, 5) is 11.2. The van der Waals surface area contributed by atoms with Gasteiger partial charge in [0.2, 0.25) is 0 Å². The van der Waals surface area contributed by atoms with Crippen LogP contribution in [0.2, 0.25) is 0 Å². The molecule has 1 unspecified atom stereocenters. The number of carbonyl (C=O) groups is 1. The van der Waals surface area contributed by atoms with E-state index in [4.69, 9.17) is 0 Å². The minimum atomic E-state index is -1.27. The molecule has 3 nitrogen and oxygen atoms in total. The van der Waals surface area contributed by atoms with E-state index in [2.05, 4.69) is 20.7 Å². The van der Waals surface area contributed by atoms with Gasteiger partial charge in [-0.3, -0.25) is 0 Å². The summed E-state index contributed by atoms with van der Waals surface area (Å²) in [6.45, 7) is 1.86. The van der Waals surface area contributed by atoms with Gasteiger partial charge in [-0.2, -0.15) is 0 Å². The summed E-state index contributed by atoms with van der Waals surface area (Å²) >= 11 is 3.22. The molecular weight excluding hydrogens is 279 g/mol. The fourth-order valence-corrected chi connectivity index (χ4v) is 1.64. The van der Waals surface area contributed by atoms with Crippen LogP contribution >= 0.6 is 15.9 Å². The molecule has 0 spiro atoms. The molecule has 0 fully saturated rings. The highest BCUT2D eigenvalue weighted by atomic mass is 79.9. The van der Waals surface area contributed by atoms with Gasteiger partial charge in [-0.25, -0.2) is 9.18 Å². The van der Waals surface area contributed by atoms with Crippen LogP contribution in [-0.4, -0.2) is 23.8 Å². The molecule has 0 heterocycles. The van der Waals surface area contributed by atoms with Crippen LogP contribution in [0.1, 0.15) is 12.5 Å². The highest BCUT2D eigenvalue weighted by molar-refractivity contribution is 9.10. The van der Waals surface area contributed by atoms with Crippen molar-refractivity contribution >= 4 is 21.9 Å². The van der Waals surface area contributed by atoms with Crippen LogP contribution in [0.4, 0.5) is 4.39 Å². The molecule has 0 radical (unpaired) electrons. The third kappa shape index (κ3) is 3.57. The zero-order valence-corrected chi connectivity index (χ0v) is 10.3. The summed E-state index contributed by atoms with van der Waals surface area (Å²) < 4.78 is 18.2. The zero-order valence-electron chi connectivity index (χ0n) is 8.74. The van der Waals surface area contributed by atoms with E-state index in [-0.39, 0.29) is 13.0 Å². The Morgan fingerprint density at radius 1 is 1.62 bits per heavy atom. The Morgan fingerprint density at radius 2 is 2.31 bits per heavy atom. The smallest absolute Gasteiger partial charge is 0.335 e. The SMILES string of the molecule is CCOC(=O)C(O)Cc1cc(F)ccc1Br. The molecule has 0 amide bonds. The second kappa shape index (κ2) is 5.96. The molecule has 0 saturated heterocycles. The van der Waals surface area contributed by atoms with Gasteiger partial charge in [0.05, 0.1) is 6.61 Å². The monoisotopic (exact) mass is 290 g/mol. The van der Waals surface area contributed by atoms with Crippen molar-refractivity contribution in [3.05, 3.63) is 34.1 Å². The van der Waals surface area contributed by atoms with Crippen LogP contribution in [0.3, 0.4) is 0 Å². The van der Waals surface area contributed by atoms with Crippen molar-refractivity contribution in [3.63, 3.8) is 0 Å². The standard InChI is InChI=1S/C11H12BrFO3/c1-2-16-11(15)10(14)6-7-5-8(13)3-4-9(7)12/h3-5,10,14H,2,6H2,1H3. The highest BCUT2D eigenvalue weighted by Gasteiger charge is 2.18. The van der Waals surface area contributed by atoms with Gasteiger partial charge in [0.15, 0.2) is 6.10 Å². The van der Waals surface area contributed by atoms with Gasteiger partial charge in [-0.05, 0) is 30.7 Å². The molecule has 0 aliphatic heterocycles. The van der Waals surface area contributed by atoms with E-state index >= 15 is 0 Å². The molecule has 5 heteroatoms. The van der Waals surface area contributed by atoms with Crippen molar-refractivity contribution in [2.24, 2.45) is 0 Å². The average molecular weight is 291 g/mol. The number of aliphatic hydroxyl groups is 1. The Morgan fingerprint density at radius 3 is 2.94 bits per heavy atom. The fourth-order valence-electron chi connectivity index (χ4n) is 1.23. The first kappa shape index (κ1) is 13.1. The second-order valence-electron chi connectivity index (χ2n) is 3.21. The number of hydrogen-bond acceptors (Lipinski definition) is 3. The molecular formula is C11H12BrFO3. The predicted octanol–water partition coefficient (Wildman–Crippen LogP) is 2.05. The number of halogens is 2. The molecule has 1 N–H and O–H groups in total. The Labute approximate surface area is 101 Å². The van der Waals surface area contributed by atoms with Gasteiger partial charge in [0.25, 0.3) is 0 Å². The van der Waals surface area contributed by atoms with Crippen LogP contribution < -0.4 is 0 Å². The number of hydrogen-bond donors (Lipinski definition) is 1. The molecule has 1 atom stereocenters. The molecule has 0 aromatic heterocycles. The Balaban J connectivity index is 2.72. The number of benzene rings is 1. The van der Waals surface area contributed by atoms with Gasteiger partial charge in [0.1, 0.15) is 5.82 Å². The lowest BCUT2D eigenvalue weighted by molar-refractivity contribution is -0.152. The van der Waals surface area contributed by atoms with Crippen LogP contribution in [0.15, 0.2) is 22.7 Å². The van der Waals surface area contributed by atoms with Crippen molar-refractivity contribution in [1.29, 1.82) is 0 Å². The third-order valence-electron chi connectivity index (χ3n) is 1.98. The molecule has 0 aliphatic carbocycles. The Kier molecular flexibility index (Phi) is 4.89. The average Bonchev–Trinajstić information content (AvgIpc) is 2.23. The van der Waals surface area contributed by atoms with Crippen LogP contribution in [0.25, 0.3) is 0 Å². The van der Waals surface area contributed by atoms with Crippen LogP contribution in [-0.2, 0) is 16.0 Å². The van der Waals surface area contributed by atoms with E-state index in [1.807, 2.05) is 0 Å². The van der Waals surface area contributed by atoms with Gasteiger partial charge in [0, 0.05) is 10.9 Å². The minimum absolute atomic E-state index is 0.0250. The largest absolute Gasteiger partial charge is 0.464 e. The second-order valence-corrected chi connectivity index (χ2v) is 4.06. The van der Waals surface area contributed by atoms with Crippen molar-refractivity contribution in [2.75, 3.05) is 6.61 Å². The summed E-state index contributed by atoms with van der Waals surface area (Å²) in [5, 5.41) is 9.50. The first-order valence-electron chi connectivity index (χ1n) is 4.83. The predicted molar refractivity (Wildman–Crippen MR) is 60.4 cm³/mol. The lowest BCUT2D eigenvalue weighted by atomic mass is 10.1. The summed E-state index contributed by atoms with van der Waals surface area (Å²) in [6.07, 6.45) is -1.24. The van der Waals surface area contributed by atoms with E-state index < -0.39 is 17.9 Å². The zero-order chi connectivity index (χ0) is 12.1. The van der Waals surface area contributed by atoms with Gasteiger partial charge >= 0.3 is 5.97 Å². The van der Waals surface area contributed by atoms with E-state index in [1.165, 1.54) is 18.2 Å². The number of carbonyl (C=O) groups excluding carboxylic acids is 1. The van der Waals surface area contributed by atoms with Gasteiger partial charge < -0.3 is 9.84 Å². The number of ether oxygens (including phenoxy) is 1. The van der Waals surface area contributed by atoms with Crippen LogP contribution in [0, 0.1) is 5.82 Å². The first-order chi connectivity index (χ1) is 7.54. The maximum Gasteiger partial charge on any atom is 0.335 e. The summed E-state index contributed by atoms with van der Waals surface area (Å²) in [5.41, 5.74) is 0.528. The lowest BCUT2D eigenvalue weighted by Crippen LogP contribution is -2.25. The van der Waals surface area contributed by atoms with Crippen molar-refractivity contribution in [1.82, 2.24) is 0 Å². The molecule has 1 rings (SSSR count). The summed E-state index contributed by atoms with van der Waals surface area (Å²) in [6, 6.07) is 4.10. The third-order valence-corrected chi connectivity index (χ3v) is 2.75. The number of esters is 1.